The number of primary amides is 1. The molecule has 0 aliphatic heterocycles. The predicted octanol–water partition coefficient (Wildman–Crippen LogP) is 2.91. The molecular formula is C15H16N2O4. The maximum Gasteiger partial charge on any atom is 0.316 e. The van der Waals surface area contributed by atoms with Crippen molar-refractivity contribution in [2.45, 2.75) is 19.3 Å². The lowest BCUT2D eigenvalue weighted by Gasteiger charge is -2.22. The van der Waals surface area contributed by atoms with E-state index in [-0.39, 0.29) is 17.5 Å². The number of urea groups is 1. The number of nitrogens with two attached hydrogens (primary N) is 1. The monoisotopic (exact) mass is 288 g/mol. The molecule has 1 fully saturated rings. The molecule has 0 bridgehead atoms. The molecule has 1 heterocycles. The van der Waals surface area contributed by atoms with Gasteiger partial charge in [0.25, 0.3) is 0 Å². The van der Waals surface area contributed by atoms with Crippen LogP contribution in [-0.2, 0) is 0 Å². The Bertz CT molecular complexity index is 716. The number of anilines is 1. The third-order valence-corrected chi connectivity index (χ3v) is 3.85. The van der Waals surface area contributed by atoms with Crippen LogP contribution in [-0.4, -0.2) is 18.9 Å². The molecule has 0 unspecified atom stereocenters. The van der Waals surface area contributed by atoms with Crippen LogP contribution in [0.25, 0.3) is 11.0 Å². The fraction of sp³-hybridized carbons (Fsp3) is 0.333. The average Bonchev–Trinajstić information content (AvgIpc) is 2.74. The van der Waals surface area contributed by atoms with Gasteiger partial charge in [-0.25, -0.2) is 4.79 Å². The summed E-state index contributed by atoms with van der Waals surface area (Å²) in [5, 5.41) is 3.14. The summed E-state index contributed by atoms with van der Waals surface area (Å²) in [7, 11) is 1.55. The summed E-state index contributed by atoms with van der Waals surface area (Å²) in [5.41, 5.74) is 6.03. The van der Waals surface area contributed by atoms with Gasteiger partial charge in [0.1, 0.15) is 17.0 Å². The number of benzene rings is 1. The molecule has 0 spiro atoms. The van der Waals surface area contributed by atoms with Crippen molar-refractivity contribution in [3.63, 3.8) is 0 Å². The highest BCUT2D eigenvalue weighted by Gasteiger charge is 2.31. The van der Waals surface area contributed by atoms with Gasteiger partial charge in [-0.05, 0) is 25.0 Å². The second-order valence-corrected chi connectivity index (χ2v) is 5.15. The highest BCUT2D eigenvalue weighted by molar-refractivity contribution is 6.11. The maximum atomic E-state index is 12.4. The number of furan rings is 1. The molecular weight excluding hydrogens is 272 g/mol. The van der Waals surface area contributed by atoms with Crippen LogP contribution in [0.4, 0.5) is 10.5 Å². The molecule has 1 aliphatic rings. The SMILES string of the molecule is COc1ccc2c(NC(N)=O)c(C(=O)C3CCC3)oc2c1. The van der Waals surface area contributed by atoms with Crippen molar-refractivity contribution in [1.29, 1.82) is 0 Å². The minimum atomic E-state index is -0.726. The van der Waals surface area contributed by atoms with Gasteiger partial charge >= 0.3 is 6.03 Å². The average molecular weight is 288 g/mol. The normalized spacial score (nSPS) is 14.7. The molecule has 0 radical (unpaired) electrons. The number of ketones is 1. The molecule has 1 aromatic carbocycles. The number of amides is 2. The predicted molar refractivity (Wildman–Crippen MR) is 77.6 cm³/mol. The van der Waals surface area contributed by atoms with Crippen molar-refractivity contribution in [2.75, 3.05) is 12.4 Å². The quantitative estimate of drug-likeness (QED) is 0.846. The Balaban J connectivity index is 2.11. The lowest BCUT2D eigenvalue weighted by Crippen LogP contribution is -2.24. The number of carbonyl (C=O) groups excluding carboxylic acids is 2. The fourth-order valence-electron chi connectivity index (χ4n) is 2.48. The van der Waals surface area contributed by atoms with Crippen molar-refractivity contribution < 1.29 is 18.7 Å². The Morgan fingerprint density at radius 3 is 2.71 bits per heavy atom. The molecule has 2 amide bonds. The highest BCUT2D eigenvalue weighted by Crippen LogP contribution is 2.38. The Hall–Kier alpha value is -2.50. The van der Waals surface area contributed by atoms with Gasteiger partial charge in [-0.15, -0.1) is 0 Å². The lowest BCUT2D eigenvalue weighted by atomic mass is 9.81. The number of fused-ring (bicyclic) bond motifs is 1. The molecule has 3 N–H and O–H groups in total. The minimum Gasteiger partial charge on any atom is -0.497 e. The zero-order valence-electron chi connectivity index (χ0n) is 11.6. The first-order chi connectivity index (χ1) is 10.1. The van der Waals surface area contributed by atoms with E-state index in [2.05, 4.69) is 5.32 Å². The van der Waals surface area contributed by atoms with Gasteiger partial charge in [0.2, 0.25) is 5.78 Å². The van der Waals surface area contributed by atoms with Crippen molar-refractivity contribution in [1.82, 2.24) is 0 Å². The molecule has 1 aromatic heterocycles. The topological polar surface area (TPSA) is 94.6 Å². The molecule has 2 aromatic rings. The summed E-state index contributed by atoms with van der Waals surface area (Å²) in [6.45, 7) is 0. The summed E-state index contributed by atoms with van der Waals surface area (Å²) in [6, 6.07) is 4.43. The molecule has 0 saturated heterocycles. The third-order valence-electron chi connectivity index (χ3n) is 3.85. The van der Waals surface area contributed by atoms with Crippen molar-refractivity contribution in [3.05, 3.63) is 24.0 Å². The largest absolute Gasteiger partial charge is 0.497 e. The Morgan fingerprint density at radius 2 is 2.14 bits per heavy atom. The minimum absolute atomic E-state index is 0.0270. The number of methoxy groups -OCH3 is 1. The van der Waals surface area contributed by atoms with Gasteiger partial charge in [-0.2, -0.15) is 0 Å². The van der Waals surface area contributed by atoms with Gasteiger partial charge in [-0.3, -0.25) is 4.79 Å². The van der Waals surface area contributed by atoms with Gasteiger partial charge in [-0.1, -0.05) is 6.42 Å². The number of nitrogens with one attached hydrogen (secondary N) is 1. The van der Waals surface area contributed by atoms with Crippen LogP contribution in [0.5, 0.6) is 5.75 Å². The van der Waals surface area contributed by atoms with Crippen LogP contribution in [0.2, 0.25) is 0 Å². The van der Waals surface area contributed by atoms with Crippen molar-refractivity contribution >= 4 is 28.5 Å². The van der Waals surface area contributed by atoms with Gasteiger partial charge in [0, 0.05) is 17.4 Å². The number of rotatable bonds is 4. The van der Waals surface area contributed by atoms with Crippen LogP contribution in [0, 0.1) is 5.92 Å². The van der Waals surface area contributed by atoms with Crippen LogP contribution in [0.3, 0.4) is 0 Å². The second kappa shape index (κ2) is 5.12. The summed E-state index contributed by atoms with van der Waals surface area (Å²) in [4.78, 5) is 23.6. The van der Waals surface area contributed by atoms with E-state index in [4.69, 9.17) is 14.9 Å². The third kappa shape index (κ3) is 2.33. The van der Waals surface area contributed by atoms with E-state index < -0.39 is 6.03 Å². The molecule has 1 saturated carbocycles. The first-order valence-electron chi connectivity index (χ1n) is 6.81. The van der Waals surface area contributed by atoms with E-state index in [0.717, 1.165) is 19.3 Å². The number of ether oxygens (including phenoxy) is 1. The number of hydrogen-bond donors (Lipinski definition) is 2. The summed E-state index contributed by atoms with van der Waals surface area (Å²) >= 11 is 0. The van der Waals surface area contributed by atoms with Crippen molar-refractivity contribution in [3.8, 4) is 5.75 Å². The van der Waals surface area contributed by atoms with Crippen LogP contribution in [0.15, 0.2) is 22.6 Å². The van der Waals surface area contributed by atoms with Gasteiger partial charge in [0.15, 0.2) is 5.76 Å². The summed E-state index contributed by atoms with van der Waals surface area (Å²) in [6.07, 6.45) is 2.76. The Morgan fingerprint density at radius 1 is 1.38 bits per heavy atom. The maximum absolute atomic E-state index is 12.4. The van der Waals surface area contributed by atoms with E-state index in [9.17, 15) is 9.59 Å². The lowest BCUT2D eigenvalue weighted by molar-refractivity contribution is 0.0829. The first kappa shape index (κ1) is 13.5. The van der Waals surface area contributed by atoms with Crippen LogP contribution >= 0.6 is 0 Å². The number of hydrogen-bond acceptors (Lipinski definition) is 4. The van der Waals surface area contributed by atoms with Gasteiger partial charge in [0.05, 0.1) is 7.11 Å². The van der Waals surface area contributed by atoms with Gasteiger partial charge < -0.3 is 20.2 Å². The zero-order valence-corrected chi connectivity index (χ0v) is 11.6. The smallest absolute Gasteiger partial charge is 0.316 e. The van der Waals surface area contributed by atoms with E-state index in [1.54, 1.807) is 25.3 Å². The molecule has 3 rings (SSSR count). The Labute approximate surface area is 121 Å². The van der Waals surface area contributed by atoms with Crippen molar-refractivity contribution in [2.24, 2.45) is 11.7 Å². The summed E-state index contributed by atoms with van der Waals surface area (Å²) < 4.78 is 10.8. The molecule has 110 valence electrons. The number of carbonyl (C=O) groups is 2. The standard InChI is InChI=1S/C15H16N2O4/c1-20-9-5-6-10-11(7-9)21-14(12(10)17-15(16)19)13(18)8-3-2-4-8/h5-8H,2-4H2,1H3,(H3,16,17,19). The molecule has 6 heteroatoms. The fourth-order valence-corrected chi connectivity index (χ4v) is 2.48. The van der Waals surface area contributed by atoms with Crippen LogP contribution < -0.4 is 15.8 Å². The number of Topliss-reactive ketones (excluding diaryl/α,β-unsaturated/α-hetero) is 1. The molecule has 0 atom stereocenters. The second-order valence-electron chi connectivity index (χ2n) is 5.15. The van der Waals surface area contributed by atoms with E-state index in [1.165, 1.54) is 0 Å². The highest BCUT2D eigenvalue weighted by atomic mass is 16.5. The zero-order chi connectivity index (χ0) is 15.0. The molecule has 21 heavy (non-hydrogen) atoms. The molecule has 6 nitrogen and oxygen atoms in total. The summed E-state index contributed by atoms with van der Waals surface area (Å²) in [5.74, 6) is 0.673. The molecule has 1 aliphatic carbocycles. The van der Waals surface area contributed by atoms with Crippen LogP contribution in [0.1, 0.15) is 29.8 Å². The Kier molecular flexibility index (Phi) is 3.29. The first-order valence-corrected chi connectivity index (χ1v) is 6.81. The van der Waals surface area contributed by atoms with E-state index in [0.29, 0.717) is 22.4 Å². The van der Waals surface area contributed by atoms with E-state index >= 15 is 0 Å². The van der Waals surface area contributed by atoms with E-state index in [1.807, 2.05) is 0 Å².